The van der Waals surface area contributed by atoms with Gasteiger partial charge in [-0.25, -0.2) is 9.48 Å². The number of fused-ring (bicyclic) bond motifs is 1. The zero-order valence-corrected chi connectivity index (χ0v) is 15.9. The van der Waals surface area contributed by atoms with Gasteiger partial charge in [0.25, 0.3) is 11.5 Å². The van der Waals surface area contributed by atoms with Gasteiger partial charge in [-0.05, 0) is 36.2 Å². The van der Waals surface area contributed by atoms with Crippen molar-refractivity contribution in [2.45, 2.75) is 20.4 Å². The number of nitrogens with zero attached hydrogens (tertiary/aromatic N) is 2. The molecule has 0 saturated carbocycles. The summed E-state index contributed by atoms with van der Waals surface area (Å²) >= 11 is 0. The smallest absolute Gasteiger partial charge is 0.337 e. The van der Waals surface area contributed by atoms with E-state index in [-0.39, 0.29) is 17.2 Å². The molecule has 1 aromatic heterocycles. The summed E-state index contributed by atoms with van der Waals surface area (Å²) in [5.74, 6) is -0.682. The second-order valence-corrected chi connectivity index (χ2v) is 6.80. The minimum atomic E-state index is -0.453. The molecule has 0 saturated heterocycles. The fourth-order valence-corrected chi connectivity index (χ4v) is 2.87. The Morgan fingerprint density at radius 1 is 1.07 bits per heavy atom. The predicted octanol–water partition coefficient (Wildman–Crippen LogP) is 3.09. The molecule has 0 aliphatic rings. The molecule has 7 nitrogen and oxygen atoms in total. The van der Waals surface area contributed by atoms with Crippen LogP contribution in [0.4, 0.5) is 5.69 Å². The first-order valence-electron chi connectivity index (χ1n) is 8.90. The maximum absolute atomic E-state index is 12.9. The highest BCUT2D eigenvalue weighted by atomic mass is 16.5. The highest BCUT2D eigenvalue weighted by Crippen LogP contribution is 2.17. The lowest BCUT2D eigenvalue weighted by atomic mass is 10.1. The highest BCUT2D eigenvalue weighted by Gasteiger charge is 2.17. The minimum Gasteiger partial charge on any atom is -0.465 e. The average Bonchev–Trinajstić information content (AvgIpc) is 2.69. The molecule has 0 atom stereocenters. The van der Waals surface area contributed by atoms with E-state index in [0.29, 0.717) is 28.6 Å². The van der Waals surface area contributed by atoms with Crippen molar-refractivity contribution in [3.05, 3.63) is 70.1 Å². The van der Waals surface area contributed by atoms with Gasteiger partial charge >= 0.3 is 5.97 Å². The van der Waals surface area contributed by atoms with Crippen LogP contribution in [0.25, 0.3) is 10.8 Å². The summed E-state index contributed by atoms with van der Waals surface area (Å²) in [6.45, 7) is 4.37. The van der Waals surface area contributed by atoms with Crippen LogP contribution in [0.3, 0.4) is 0 Å². The summed E-state index contributed by atoms with van der Waals surface area (Å²) in [4.78, 5) is 37.0. The van der Waals surface area contributed by atoms with Crippen molar-refractivity contribution in [1.29, 1.82) is 0 Å². The van der Waals surface area contributed by atoms with Crippen molar-refractivity contribution in [2.24, 2.45) is 5.92 Å². The maximum Gasteiger partial charge on any atom is 0.337 e. The van der Waals surface area contributed by atoms with E-state index in [1.54, 1.807) is 48.5 Å². The molecule has 0 bridgehead atoms. The maximum atomic E-state index is 12.9. The Kier molecular flexibility index (Phi) is 5.54. The quantitative estimate of drug-likeness (QED) is 0.688. The molecule has 1 heterocycles. The number of methoxy groups -OCH3 is 1. The fourth-order valence-electron chi connectivity index (χ4n) is 2.87. The molecule has 0 fully saturated rings. The van der Waals surface area contributed by atoms with Crippen LogP contribution >= 0.6 is 0 Å². The van der Waals surface area contributed by atoms with E-state index in [4.69, 9.17) is 0 Å². The Morgan fingerprint density at radius 3 is 2.32 bits per heavy atom. The Balaban J connectivity index is 1.98. The molecule has 0 aliphatic heterocycles. The third-order valence-electron chi connectivity index (χ3n) is 4.18. The second kappa shape index (κ2) is 8.04. The number of esters is 1. The lowest BCUT2D eigenvalue weighted by Gasteiger charge is -2.13. The summed E-state index contributed by atoms with van der Waals surface area (Å²) in [7, 11) is 1.31. The van der Waals surface area contributed by atoms with Crippen molar-refractivity contribution in [3.8, 4) is 0 Å². The van der Waals surface area contributed by atoms with Gasteiger partial charge in [0.05, 0.1) is 18.1 Å². The zero-order valence-electron chi connectivity index (χ0n) is 15.9. The predicted molar refractivity (Wildman–Crippen MR) is 107 cm³/mol. The first kappa shape index (κ1) is 19.3. The SMILES string of the molecule is COC(=O)c1ccc(NC(=O)c2nn(CC(C)C)c(=O)c3ccccc23)cc1. The number of rotatable bonds is 5. The Bertz CT molecular complexity index is 1080. The zero-order chi connectivity index (χ0) is 20.3. The van der Waals surface area contributed by atoms with Gasteiger partial charge in [0.15, 0.2) is 5.69 Å². The third-order valence-corrected chi connectivity index (χ3v) is 4.18. The lowest BCUT2D eigenvalue weighted by molar-refractivity contribution is 0.0600. The van der Waals surface area contributed by atoms with Crippen molar-refractivity contribution >= 4 is 28.3 Å². The number of aromatic nitrogens is 2. The number of ether oxygens (including phenoxy) is 1. The first-order valence-corrected chi connectivity index (χ1v) is 8.90. The van der Waals surface area contributed by atoms with Crippen LogP contribution in [-0.2, 0) is 11.3 Å². The normalized spacial score (nSPS) is 10.9. The molecule has 0 radical (unpaired) electrons. The number of benzene rings is 2. The topological polar surface area (TPSA) is 90.3 Å². The van der Waals surface area contributed by atoms with E-state index in [0.717, 1.165) is 0 Å². The number of hydrogen-bond acceptors (Lipinski definition) is 5. The van der Waals surface area contributed by atoms with Crippen molar-refractivity contribution in [1.82, 2.24) is 9.78 Å². The number of carbonyl (C=O) groups is 2. The summed E-state index contributed by atoms with van der Waals surface area (Å²) in [6, 6.07) is 13.3. The molecule has 3 rings (SSSR count). The fraction of sp³-hybridized carbons (Fsp3) is 0.238. The first-order chi connectivity index (χ1) is 13.4. The number of amides is 1. The van der Waals surface area contributed by atoms with E-state index < -0.39 is 11.9 Å². The van der Waals surface area contributed by atoms with E-state index in [2.05, 4.69) is 15.2 Å². The van der Waals surface area contributed by atoms with E-state index in [9.17, 15) is 14.4 Å². The molecule has 2 aromatic carbocycles. The van der Waals surface area contributed by atoms with Crippen LogP contribution in [-0.4, -0.2) is 28.8 Å². The summed E-state index contributed by atoms with van der Waals surface area (Å²) < 4.78 is 6.00. The summed E-state index contributed by atoms with van der Waals surface area (Å²) in [5, 5.41) is 8.02. The summed E-state index contributed by atoms with van der Waals surface area (Å²) in [5.41, 5.74) is 0.843. The molecule has 1 amide bonds. The molecule has 0 spiro atoms. The molecule has 1 N–H and O–H groups in total. The largest absolute Gasteiger partial charge is 0.465 e. The van der Waals surface area contributed by atoms with E-state index in [1.165, 1.54) is 11.8 Å². The third kappa shape index (κ3) is 3.93. The van der Waals surface area contributed by atoms with Gasteiger partial charge in [0.1, 0.15) is 0 Å². The van der Waals surface area contributed by atoms with Crippen LogP contribution < -0.4 is 10.9 Å². The van der Waals surface area contributed by atoms with Gasteiger partial charge in [-0.15, -0.1) is 0 Å². The van der Waals surface area contributed by atoms with Crippen LogP contribution in [0, 0.1) is 5.92 Å². The molecular formula is C21H21N3O4. The van der Waals surface area contributed by atoms with Crippen LogP contribution in [0.5, 0.6) is 0 Å². The van der Waals surface area contributed by atoms with E-state index >= 15 is 0 Å². The number of nitrogens with one attached hydrogen (secondary N) is 1. The molecule has 0 unspecified atom stereocenters. The molecular weight excluding hydrogens is 358 g/mol. The van der Waals surface area contributed by atoms with Crippen LogP contribution in [0.1, 0.15) is 34.7 Å². The van der Waals surface area contributed by atoms with Crippen molar-refractivity contribution < 1.29 is 14.3 Å². The van der Waals surface area contributed by atoms with Gasteiger partial charge in [0.2, 0.25) is 0 Å². The van der Waals surface area contributed by atoms with Crippen molar-refractivity contribution in [3.63, 3.8) is 0 Å². The molecule has 0 aliphatic carbocycles. The Labute approximate surface area is 161 Å². The van der Waals surface area contributed by atoms with Crippen LogP contribution in [0.15, 0.2) is 53.3 Å². The molecule has 7 heteroatoms. The number of hydrogen-bond donors (Lipinski definition) is 1. The highest BCUT2D eigenvalue weighted by molar-refractivity contribution is 6.11. The monoisotopic (exact) mass is 379 g/mol. The standard InChI is InChI=1S/C21H21N3O4/c1-13(2)12-24-20(26)17-7-5-4-6-16(17)18(23-24)19(25)22-15-10-8-14(9-11-15)21(27)28-3/h4-11,13H,12H2,1-3H3,(H,22,25). The van der Waals surface area contributed by atoms with Crippen molar-refractivity contribution in [2.75, 3.05) is 12.4 Å². The van der Waals surface area contributed by atoms with Crippen LogP contribution in [0.2, 0.25) is 0 Å². The number of anilines is 1. The minimum absolute atomic E-state index is 0.174. The molecule has 3 aromatic rings. The van der Waals surface area contributed by atoms with Gasteiger partial charge in [-0.3, -0.25) is 9.59 Å². The molecule has 144 valence electrons. The van der Waals surface area contributed by atoms with Gasteiger partial charge in [-0.1, -0.05) is 32.0 Å². The van der Waals surface area contributed by atoms with Gasteiger partial charge < -0.3 is 10.1 Å². The van der Waals surface area contributed by atoms with Gasteiger partial charge in [-0.2, -0.15) is 5.10 Å². The average molecular weight is 379 g/mol. The van der Waals surface area contributed by atoms with E-state index in [1.807, 2.05) is 13.8 Å². The Hall–Kier alpha value is -3.48. The van der Waals surface area contributed by atoms with Gasteiger partial charge in [0, 0.05) is 17.6 Å². The lowest BCUT2D eigenvalue weighted by Crippen LogP contribution is -2.29. The molecule has 28 heavy (non-hydrogen) atoms. The Morgan fingerprint density at radius 2 is 1.71 bits per heavy atom. The summed E-state index contributed by atoms with van der Waals surface area (Å²) in [6.07, 6.45) is 0. The second-order valence-electron chi connectivity index (χ2n) is 6.80. The number of carbonyl (C=O) groups excluding carboxylic acids is 2.